The molecule has 5 heteroatoms. The van der Waals surface area contributed by atoms with Gasteiger partial charge in [0.15, 0.2) is 0 Å². The molecular formula is C17H17NO4. The molecule has 0 spiro atoms. The monoisotopic (exact) mass is 299 g/mol. The highest BCUT2D eigenvalue weighted by atomic mass is 16.6. The summed E-state index contributed by atoms with van der Waals surface area (Å²) in [4.78, 5) is 24.5. The van der Waals surface area contributed by atoms with E-state index in [1.807, 2.05) is 30.3 Å². The highest BCUT2D eigenvalue weighted by molar-refractivity contribution is 5.89. The van der Waals surface area contributed by atoms with Gasteiger partial charge in [-0.3, -0.25) is 0 Å². The number of carboxylic acid groups (broad SMARTS) is 1. The van der Waals surface area contributed by atoms with Crippen molar-refractivity contribution >= 4 is 12.1 Å². The minimum Gasteiger partial charge on any atom is -0.478 e. The minimum absolute atomic E-state index is 0.177. The quantitative estimate of drug-likeness (QED) is 0.921. The number of rotatable bonds is 5. The van der Waals surface area contributed by atoms with Crippen molar-refractivity contribution in [2.24, 2.45) is 0 Å². The SMILES string of the molecule is CN(Cc1ccccc1C(=O)O)C(=O)OCc1ccccc1. The Hall–Kier alpha value is -2.82. The van der Waals surface area contributed by atoms with Gasteiger partial charge in [-0.15, -0.1) is 0 Å². The van der Waals surface area contributed by atoms with E-state index in [9.17, 15) is 9.59 Å². The van der Waals surface area contributed by atoms with Crippen LogP contribution in [0.15, 0.2) is 54.6 Å². The van der Waals surface area contributed by atoms with Gasteiger partial charge in [0.05, 0.1) is 5.56 Å². The van der Waals surface area contributed by atoms with Crippen molar-refractivity contribution in [3.8, 4) is 0 Å². The van der Waals surface area contributed by atoms with Gasteiger partial charge in [-0.1, -0.05) is 48.5 Å². The van der Waals surface area contributed by atoms with Crippen LogP contribution < -0.4 is 0 Å². The Bertz CT molecular complexity index is 655. The predicted molar refractivity (Wildman–Crippen MR) is 81.5 cm³/mol. The molecule has 2 aromatic carbocycles. The molecule has 0 heterocycles. The van der Waals surface area contributed by atoms with Crippen LogP contribution in [-0.4, -0.2) is 29.1 Å². The molecule has 114 valence electrons. The standard InChI is InChI=1S/C17H17NO4/c1-18(11-14-9-5-6-10-15(14)16(19)20)17(21)22-12-13-7-3-2-4-8-13/h2-10H,11-12H2,1H3,(H,19,20). The van der Waals surface area contributed by atoms with Crippen LogP contribution in [0.3, 0.4) is 0 Å². The van der Waals surface area contributed by atoms with E-state index < -0.39 is 12.1 Å². The van der Waals surface area contributed by atoms with Gasteiger partial charge in [0.1, 0.15) is 6.61 Å². The van der Waals surface area contributed by atoms with Crippen molar-refractivity contribution in [2.45, 2.75) is 13.2 Å². The summed E-state index contributed by atoms with van der Waals surface area (Å²) in [5.41, 5.74) is 1.65. The molecule has 0 saturated heterocycles. The number of ether oxygens (including phenoxy) is 1. The Kier molecular flexibility index (Phi) is 5.14. The first-order chi connectivity index (χ1) is 10.6. The molecule has 1 amide bonds. The molecule has 0 aliphatic carbocycles. The summed E-state index contributed by atoms with van der Waals surface area (Å²) in [6.45, 7) is 0.362. The second-order valence-corrected chi connectivity index (χ2v) is 4.86. The Morgan fingerprint density at radius 3 is 2.36 bits per heavy atom. The average Bonchev–Trinajstić information content (AvgIpc) is 2.53. The molecule has 0 unspecified atom stereocenters. The number of carbonyl (C=O) groups is 2. The van der Waals surface area contributed by atoms with Crippen LogP contribution in [0, 0.1) is 0 Å². The summed E-state index contributed by atoms with van der Waals surface area (Å²) in [6.07, 6.45) is -0.496. The first kappa shape index (κ1) is 15.6. The van der Waals surface area contributed by atoms with Crippen molar-refractivity contribution in [2.75, 3.05) is 7.05 Å². The molecule has 0 aromatic heterocycles. The molecule has 0 aliphatic rings. The summed E-state index contributed by atoms with van der Waals surface area (Å²) in [7, 11) is 1.58. The lowest BCUT2D eigenvalue weighted by Gasteiger charge is -2.18. The minimum atomic E-state index is -1.01. The van der Waals surface area contributed by atoms with E-state index in [1.54, 1.807) is 25.2 Å². The van der Waals surface area contributed by atoms with Crippen LogP contribution in [0.2, 0.25) is 0 Å². The van der Waals surface area contributed by atoms with Crippen molar-refractivity contribution in [3.05, 3.63) is 71.3 Å². The molecule has 5 nitrogen and oxygen atoms in total. The van der Waals surface area contributed by atoms with Gasteiger partial charge in [0.25, 0.3) is 0 Å². The Morgan fingerprint density at radius 1 is 1.05 bits per heavy atom. The van der Waals surface area contributed by atoms with Gasteiger partial charge < -0.3 is 14.7 Å². The number of aromatic carboxylic acids is 1. The smallest absolute Gasteiger partial charge is 0.410 e. The number of hydrogen-bond acceptors (Lipinski definition) is 3. The van der Waals surface area contributed by atoms with Crippen LogP contribution in [0.5, 0.6) is 0 Å². The molecule has 0 radical (unpaired) electrons. The molecule has 22 heavy (non-hydrogen) atoms. The molecule has 0 saturated carbocycles. The molecule has 0 aliphatic heterocycles. The van der Waals surface area contributed by atoms with E-state index >= 15 is 0 Å². The zero-order valence-electron chi connectivity index (χ0n) is 12.2. The van der Waals surface area contributed by atoms with E-state index in [0.717, 1.165) is 5.56 Å². The second-order valence-electron chi connectivity index (χ2n) is 4.86. The van der Waals surface area contributed by atoms with Gasteiger partial charge in [0, 0.05) is 13.6 Å². The lowest BCUT2D eigenvalue weighted by Crippen LogP contribution is -2.27. The van der Waals surface area contributed by atoms with Crippen LogP contribution in [-0.2, 0) is 17.9 Å². The first-order valence-electron chi connectivity index (χ1n) is 6.81. The van der Waals surface area contributed by atoms with Gasteiger partial charge in [0.2, 0.25) is 0 Å². The molecule has 2 aromatic rings. The maximum Gasteiger partial charge on any atom is 0.410 e. The summed E-state index contributed by atoms with van der Waals surface area (Å²) in [5, 5.41) is 9.13. The zero-order chi connectivity index (χ0) is 15.9. The number of hydrogen-bond donors (Lipinski definition) is 1. The van der Waals surface area contributed by atoms with Gasteiger partial charge in [-0.2, -0.15) is 0 Å². The maximum atomic E-state index is 12.0. The van der Waals surface area contributed by atoms with Crippen LogP contribution >= 0.6 is 0 Å². The third-order valence-corrected chi connectivity index (χ3v) is 3.17. The highest BCUT2D eigenvalue weighted by Gasteiger charge is 2.15. The lowest BCUT2D eigenvalue weighted by atomic mass is 10.1. The third kappa shape index (κ3) is 4.09. The molecule has 0 fully saturated rings. The largest absolute Gasteiger partial charge is 0.478 e. The van der Waals surface area contributed by atoms with E-state index in [0.29, 0.717) is 5.56 Å². The third-order valence-electron chi connectivity index (χ3n) is 3.17. The summed E-state index contributed by atoms with van der Waals surface area (Å²) >= 11 is 0. The van der Waals surface area contributed by atoms with E-state index in [2.05, 4.69) is 0 Å². The second kappa shape index (κ2) is 7.26. The predicted octanol–water partition coefficient (Wildman–Crippen LogP) is 3.15. The fourth-order valence-electron chi connectivity index (χ4n) is 2.02. The number of nitrogens with zero attached hydrogens (tertiary/aromatic N) is 1. The van der Waals surface area contributed by atoms with Crippen molar-refractivity contribution in [1.82, 2.24) is 4.90 Å². The first-order valence-corrected chi connectivity index (χ1v) is 6.81. The maximum absolute atomic E-state index is 12.0. The van der Waals surface area contributed by atoms with Gasteiger partial charge in [-0.05, 0) is 17.2 Å². The highest BCUT2D eigenvalue weighted by Crippen LogP contribution is 2.12. The van der Waals surface area contributed by atoms with E-state index in [1.165, 1.54) is 11.0 Å². The van der Waals surface area contributed by atoms with Crippen LogP contribution in [0.1, 0.15) is 21.5 Å². The topological polar surface area (TPSA) is 66.8 Å². The number of amides is 1. The molecule has 0 bridgehead atoms. The van der Waals surface area contributed by atoms with Gasteiger partial charge >= 0.3 is 12.1 Å². The normalized spacial score (nSPS) is 10.0. The van der Waals surface area contributed by atoms with Gasteiger partial charge in [-0.25, -0.2) is 9.59 Å². The fraction of sp³-hybridized carbons (Fsp3) is 0.176. The summed E-state index contributed by atoms with van der Waals surface area (Å²) < 4.78 is 5.20. The van der Waals surface area contributed by atoms with Crippen LogP contribution in [0.25, 0.3) is 0 Å². The van der Waals surface area contributed by atoms with Crippen molar-refractivity contribution < 1.29 is 19.4 Å². The fourth-order valence-corrected chi connectivity index (χ4v) is 2.02. The molecule has 1 N–H and O–H groups in total. The number of benzene rings is 2. The molecular weight excluding hydrogens is 282 g/mol. The zero-order valence-corrected chi connectivity index (χ0v) is 12.2. The average molecular weight is 299 g/mol. The van der Waals surface area contributed by atoms with E-state index in [4.69, 9.17) is 9.84 Å². The number of carboxylic acids is 1. The molecule has 0 atom stereocenters. The van der Waals surface area contributed by atoms with Crippen molar-refractivity contribution in [3.63, 3.8) is 0 Å². The Labute approximate surface area is 128 Å². The Morgan fingerprint density at radius 2 is 1.68 bits per heavy atom. The summed E-state index contributed by atoms with van der Waals surface area (Å²) in [6, 6.07) is 16.0. The lowest BCUT2D eigenvalue weighted by molar-refractivity contribution is 0.0692. The van der Waals surface area contributed by atoms with Crippen LogP contribution in [0.4, 0.5) is 4.79 Å². The molecule has 2 rings (SSSR count). The van der Waals surface area contributed by atoms with E-state index in [-0.39, 0.29) is 18.7 Å². The number of carbonyl (C=O) groups excluding carboxylic acids is 1. The Balaban J connectivity index is 1.96. The van der Waals surface area contributed by atoms with Crippen molar-refractivity contribution in [1.29, 1.82) is 0 Å². The summed E-state index contributed by atoms with van der Waals surface area (Å²) in [5.74, 6) is -1.01.